The molecule has 130 valence electrons. The Morgan fingerprint density at radius 2 is 1.87 bits per heavy atom. The van der Waals surface area contributed by atoms with Crippen LogP contribution in [0.5, 0.6) is 0 Å². The van der Waals surface area contributed by atoms with Gasteiger partial charge >= 0.3 is 11.9 Å². The lowest BCUT2D eigenvalue weighted by atomic mass is 9.89. The molecule has 3 aliphatic rings. The third-order valence-corrected chi connectivity index (χ3v) is 4.93. The predicted molar refractivity (Wildman–Crippen MR) is 80.7 cm³/mol. The quantitative estimate of drug-likeness (QED) is 0.567. The summed E-state index contributed by atoms with van der Waals surface area (Å²) in [5.74, 6) is -0.589. The van der Waals surface area contributed by atoms with E-state index in [0.29, 0.717) is 25.6 Å². The maximum Gasteiger partial charge on any atom is 0.309 e. The van der Waals surface area contributed by atoms with Crippen LogP contribution in [0.15, 0.2) is 0 Å². The van der Waals surface area contributed by atoms with Crippen molar-refractivity contribution in [1.29, 1.82) is 0 Å². The molecule has 6 atom stereocenters. The first-order valence-corrected chi connectivity index (χ1v) is 8.67. The number of fused-ring (bicyclic) bond motifs is 1. The van der Waals surface area contributed by atoms with Gasteiger partial charge in [0.05, 0.1) is 30.1 Å². The SMILES string of the molecule is CC1CC(C(=O)OC(C)COC(=O)C2CCC3OC3C2)CCO1. The van der Waals surface area contributed by atoms with Crippen LogP contribution in [0, 0.1) is 11.8 Å². The van der Waals surface area contributed by atoms with Crippen molar-refractivity contribution in [2.24, 2.45) is 11.8 Å². The second-order valence-electron chi connectivity index (χ2n) is 7.00. The fourth-order valence-electron chi connectivity index (χ4n) is 3.48. The minimum atomic E-state index is -0.418. The van der Waals surface area contributed by atoms with E-state index in [9.17, 15) is 9.59 Å². The largest absolute Gasteiger partial charge is 0.462 e. The molecule has 2 heterocycles. The Balaban J connectivity index is 1.36. The van der Waals surface area contributed by atoms with Crippen molar-refractivity contribution in [2.45, 2.75) is 70.4 Å². The molecule has 2 aliphatic heterocycles. The van der Waals surface area contributed by atoms with Crippen LogP contribution in [-0.4, -0.2) is 49.6 Å². The summed E-state index contributed by atoms with van der Waals surface area (Å²) in [4.78, 5) is 24.2. The van der Waals surface area contributed by atoms with Gasteiger partial charge in [0, 0.05) is 6.61 Å². The van der Waals surface area contributed by atoms with E-state index in [4.69, 9.17) is 18.9 Å². The summed E-state index contributed by atoms with van der Waals surface area (Å²) in [6, 6.07) is 0. The minimum Gasteiger partial charge on any atom is -0.462 e. The molecule has 6 heteroatoms. The van der Waals surface area contributed by atoms with Gasteiger partial charge in [-0.15, -0.1) is 0 Å². The number of epoxide rings is 1. The van der Waals surface area contributed by atoms with Crippen LogP contribution in [0.1, 0.15) is 46.0 Å². The molecule has 0 aromatic rings. The zero-order chi connectivity index (χ0) is 16.4. The summed E-state index contributed by atoms with van der Waals surface area (Å²) < 4.78 is 21.6. The molecule has 0 N–H and O–H groups in total. The summed E-state index contributed by atoms with van der Waals surface area (Å²) >= 11 is 0. The van der Waals surface area contributed by atoms with Gasteiger partial charge in [-0.3, -0.25) is 9.59 Å². The molecule has 1 aliphatic carbocycles. The van der Waals surface area contributed by atoms with Crippen LogP contribution in [-0.2, 0) is 28.5 Å². The van der Waals surface area contributed by atoms with Gasteiger partial charge < -0.3 is 18.9 Å². The molecule has 23 heavy (non-hydrogen) atoms. The first-order chi connectivity index (χ1) is 11.0. The molecule has 3 rings (SSSR count). The highest BCUT2D eigenvalue weighted by atomic mass is 16.6. The Labute approximate surface area is 136 Å². The second-order valence-corrected chi connectivity index (χ2v) is 7.00. The number of ether oxygens (including phenoxy) is 4. The monoisotopic (exact) mass is 326 g/mol. The van der Waals surface area contributed by atoms with Crippen LogP contribution >= 0.6 is 0 Å². The first kappa shape index (κ1) is 16.7. The highest BCUT2D eigenvalue weighted by Gasteiger charge is 2.46. The summed E-state index contributed by atoms with van der Waals surface area (Å²) in [5, 5.41) is 0. The van der Waals surface area contributed by atoms with Crippen molar-refractivity contribution in [1.82, 2.24) is 0 Å². The Kier molecular flexibility index (Phi) is 5.21. The average molecular weight is 326 g/mol. The fraction of sp³-hybridized carbons (Fsp3) is 0.882. The van der Waals surface area contributed by atoms with Gasteiger partial charge in [0.25, 0.3) is 0 Å². The fourth-order valence-corrected chi connectivity index (χ4v) is 3.48. The maximum atomic E-state index is 12.1. The number of carbonyl (C=O) groups excluding carboxylic acids is 2. The summed E-state index contributed by atoms with van der Waals surface area (Å²) in [7, 11) is 0. The maximum absolute atomic E-state index is 12.1. The third-order valence-electron chi connectivity index (χ3n) is 4.93. The minimum absolute atomic E-state index is 0.0713. The second kappa shape index (κ2) is 7.18. The molecular weight excluding hydrogens is 300 g/mol. The van der Waals surface area contributed by atoms with Crippen molar-refractivity contribution < 1.29 is 28.5 Å². The molecule has 3 fully saturated rings. The topological polar surface area (TPSA) is 74.4 Å². The van der Waals surface area contributed by atoms with E-state index in [1.807, 2.05) is 6.92 Å². The van der Waals surface area contributed by atoms with Crippen molar-refractivity contribution in [3.8, 4) is 0 Å². The zero-order valence-electron chi connectivity index (χ0n) is 13.9. The molecule has 6 unspecified atom stereocenters. The lowest BCUT2D eigenvalue weighted by Crippen LogP contribution is -2.33. The van der Waals surface area contributed by atoms with Gasteiger partial charge in [-0.1, -0.05) is 0 Å². The summed E-state index contributed by atoms with van der Waals surface area (Å²) in [6.45, 7) is 4.43. The first-order valence-electron chi connectivity index (χ1n) is 8.67. The predicted octanol–water partition coefficient (Wildman–Crippen LogP) is 1.84. The highest BCUT2D eigenvalue weighted by Crippen LogP contribution is 2.39. The van der Waals surface area contributed by atoms with E-state index in [-0.39, 0.29) is 42.6 Å². The standard InChI is InChI=1S/C17H26O6/c1-10-7-13(5-6-20-10)17(19)22-11(2)9-21-16(18)12-3-4-14-15(8-12)23-14/h10-15H,3-9H2,1-2H3. The van der Waals surface area contributed by atoms with E-state index in [0.717, 1.165) is 19.3 Å². The molecule has 1 saturated carbocycles. The lowest BCUT2D eigenvalue weighted by Gasteiger charge is -2.27. The van der Waals surface area contributed by atoms with Crippen molar-refractivity contribution in [2.75, 3.05) is 13.2 Å². The molecule has 2 saturated heterocycles. The Morgan fingerprint density at radius 1 is 1.09 bits per heavy atom. The molecular formula is C17H26O6. The Hall–Kier alpha value is -1.14. The summed E-state index contributed by atoms with van der Waals surface area (Å²) in [5.41, 5.74) is 0. The van der Waals surface area contributed by atoms with Gasteiger partial charge in [-0.2, -0.15) is 0 Å². The van der Waals surface area contributed by atoms with E-state index < -0.39 is 6.10 Å². The number of rotatable bonds is 5. The van der Waals surface area contributed by atoms with Crippen LogP contribution in [0.2, 0.25) is 0 Å². The highest BCUT2D eigenvalue weighted by molar-refractivity contribution is 5.73. The molecule has 0 amide bonds. The van der Waals surface area contributed by atoms with Gasteiger partial charge in [0.2, 0.25) is 0 Å². The average Bonchev–Trinajstić information content (AvgIpc) is 3.31. The van der Waals surface area contributed by atoms with E-state index >= 15 is 0 Å². The number of hydrogen-bond acceptors (Lipinski definition) is 6. The molecule has 0 aromatic carbocycles. The normalized spacial score (nSPS) is 37.4. The van der Waals surface area contributed by atoms with Gasteiger partial charge in [0.15, 0.2) is 0 Å². The van der Waals surface area contributed by atoms with Crippen molar-refractivity contribution >= 4 is 11.9 Å². The van der Waals surface area contributed by atoms with E-state index in [2.05, 4.69) is 0 Å². The van der Waals surface area contributed by atoms with Crippen LogP contribution < -0.4 is 0 Å². The van der Waals surface area contributed by atoms with Gasteiger partial charge in [-0.05, 0) is 46.0 Å². The molecule has 6 nitrogen and oxygen atoms in total. The Bertz CT molecular complexity index is 450. The zero-order valence-corrected chi connectivity index (χ0v) is 13.9. The van der Waals surface area contributed by atoms with Gasteiger partial charge in [0.1, 0.15) is 12.7 Å². The number of hydrogen-bond donors (Lipinski definition) is 0. The molecule has 0 aromatic heterocycles. The van der Waals surface area contributed by atoms with Gasteiger partial charge in [-0.25, -0.2) is 0 Å². The van der Waals surface area contributed by atoms with Crippen LogP contribution in [0.25, 0.3) is 0 Å². The van der Waals surface area contributed by atoms with Crippen molar-refractivity contribution in [3.63, 3.8) is 0 Å². The molecule has 0 spiro atoms. The smallest absolute Gasteiger partial charge is 0.309 e. The van der Waals surface area contributed by atoms with Crippen LogP contribution in [0.3, 0.4) is 0 Å². The lowest BCUT2D eigenvalue weighted by molar-refractivity contribution is -0.166. The number of esters is 2. The van der Waals surface area contributed by atoms with Crippen LogP contribution in [0.4, 0.5) is 0 Å². The third kappa shape index (κ3) is 4.44. The van der Waals surface area contributed by atoms with Crippen molar-refractivity contribution in [3.05, 3.63) is 0 Å². The Morgan fingerprint density at radius 3 is 2.61 bits per heavy atom. The summed E-state index contributed by atoms with van der Waals surface area (Å²) in [6.07, 6.45) is 4.22. The number of carbonyl (C=O) groups is 2. The van der Waals surface area contributed by atoms with E-state index in [1.54, 1.807) is 6.92 Å². The van der Waals surface area contributed by atoms with E-state index in [1.165, 1.54) is 0 Å². The molecule has 0 bridgehead atoms. The molecule has 0 radical (unpaired) electrons.